The van der Waals surface area contributed by atoms with Gasteiger partial charge in [-0.15, -0.1) is 0 Å². The van der Waals surface area contributed by atoms with Gasteiger partial charge in [0.15, 0.2) is 0 Å². The monoisotopic (exact) mass is 335 g/mol. The maximum Gasteiger partial charge on any atom is 0.335 e. The van der Waals surface area contributed by atoms with Crippen LogP contribution in [0.15, 0.2) is 41.6 Å². The second-order valence-corrected chi connectivity index (χ2v) is 7.29. The van der Waals surface area contributed by atoms with Gasteiger partial charge in [0.2, 0.25) is 10.0 Å². The van der Waals surface area contributed by atoms with E-state index in [1.807, 2.05) is 0 Å². The quantitative estimate of drug-likeness (QED) is 0.867. The second kappa shape index (κ2) is 6.13. The Bertz CT molecular complexity index is 809. The minimum atomic E-state index is -3.77. The first-order chi connectivity index (χ1) is 11.0. The van der Waals surface area contributed by atoms with E-state index in [4.69, 9.17) is 0 Å². The van der Waals surface area contributed by atoms with Crippen molar-refractivity contribution in [3.05, 3.63) is 42.2 Å². The molecule has 3 rings (SSSR count). The number of rotatable bonds is 5. The minimum absolute atomic E-state index is 0.0604. The molecule has 122 valence electrons. The zero-order valence-electron chi connectivity index (χ0n) is 12.3. The van der Waals surface area contributed by atoms with Gasteiger partial charge in [-0.2, -0.15) is 5.10 Å². The number of hydrogen-bond donors (Lipinski definition) is 2. The average Bonchev–Trinajstić information content (AvgIpc) is 3.19. The van der Waals surface area contributed by atoms with Crippen molar-refractivity contribution in [1.29, 1.82) is 0 Å². The van der Waals surface area contributed by atoms with E-state index in [-0.39, 0.29) is 16.5 Å². The van der Waals surface area contributed by atoms with Crippen LogP contribution < -0.4 is 4.72 Å². The molecule has 0 radical (unpaired) electrons. The van der Waals surface area contributed by atoms with Gasteiger partial charge in [-0.25, -0.2) is 22.6 Å². The van der Waals surface area contributed by atoms with Crippen molar-refractivity contribution in [3.8, 4) is 5.69 Å². The largest absolute Gasteiger partial charge is 0.478 e. The van der Waals surface area contributed by atoms with Crippen LogP contribution in [0.25, 0.3) is 5.69 Å². The molecule has 7 nitrogen and oxygen atoms in total. The highest BCUT2D eigenvalue weighted by molar-refractivity contribution is 7.89. The molecular formula is C15H17N3O4S. The van der Waals surface area contributed by atoms with Crippen LogP contribution in [-0.4, -0.2) is 35.3 Å². The first-order valence-corrected chi connectivity index (χ1v) is 8.85. The fourth-order valence-electron chi connectivity index (χ4n) is 2.75. The number of sulfonamides is 1. The molecule has 1 aromatic heterocycles. The topological polar surface area (TPSA) is 101 Å². The number of carboxylic acids is 1. The third kappa shape index (κ3) is 3.43. The molecule has 1 aliphatic rings. The molecule has 1 heterocycles. The molecule has 2 N–H and O–H groups in total. The van der Waals surface area contributed by atoms with Gasteiger partial charge in [-0.05, 0) is 37.1 Å². The molecule has 0 unspecified atom stereocenters. The Hall–Kier alpha value is -2.19. The smallest absolute Gasteiger partial charge is 0.335 e. The second-order valence-electron chi connectivity index (χ2n) is 5.57. The van der Waals surface area contributed by atoms with Crippen molar-refractivity contribution in [2.24, 2.45) is 0 Å². The van der Waals surface area contributed by atoms with Crippen molar-refractivity contribution in [1.82, 2.24) is 14.5 Å². The number of hydrogen-bond acceptors (Lipinski definition) is 4. The third-order valence-electron chi connectivity index (χ3n) is 3.89. The molecule has 1 saturated carbocycles. The van der Waals surface area contributed by atoms with Gasteiger partial charge in [0.05, 0.1) is 16.1 Å². The summed E-state index contributed by atoms with van der Waals surface area (Å²) in [5, 5.41) is 13.3. The van der Waals surface area contributed by atoms with E-state index in [0.717, 1.165) is 25.7 Å². The van der Waals surface area contributed by atoms with Gasteiger partial charge in [0.25, 0.3) is 0 Å². The summed E-state index contributed by atoms with van der Waals surface area (Å²) in [6.07, 6.45) is 6.79. The average molecular weight is 335 g/mol. The van der Waals surface area contributed by atoms with Crippen LogP contribution in [0.5, 0.6) is 0 Å². The standard InChI is InChI=1S/C15H17N3O4S/c19-15(20)11-8-13(18-7-3-6-16-18)10-14(9-11)23(21,22)17-12-4-1-2-5-12/h3,6-10,12,17H,1-2,4-5H2,(H,19,20). The normalized spacial score (nSPS) is 15.8. The zero-order valence-corrected chi connectivity index (χ0v) is 13.2. The van der Waals surface area contributed by atoms with Crippen LogP contribution in [0.2, 0.25) is 0 Å². The lowest BCUT2D eigenvalue weighted by Gasteiger charge is -2.14. The van der Waals surface area contributed by atoms with Crippen LogP contribution in [0.4, 0.5) is 0 Å². The van der Waals surface area contributed by atoms with Gasteiger partial charge in [-0.1, -0.05) is 12.8 Å². The highest BCUT2D eigenvalue weighted by Crippen LogP contribution is 2.22. The van der Waals surface area contributed by atoms with Crippen molar-refractivity contribution >= 4 is 16.0 Å². The summed E-state index contributed by atoms with van der Waals surface area (Å²) in [6, 6.07) is 5.59. The molecule has 0 atom stereocenters. The zero-order chi connectivity index (χ0) is 16.4. The Balaban J connectivity index is 2.01. The lowest BCUT2D eigenvalue weighted by atomic mass is 10.2. The summed E-state index contributed by atoms with van der Waals surface area (Å²) in [6.45, 7) is 0. The molecule has 0 spiro atoms. The van der Waals surface area contributed by atoms with Crippen LogP contribution in [0.3, 0.4) is 0 Å². The fourth-order valence-corrected chi connectivity index (χ4v) is 4.12. The van der Waals surface area contributed by atoms with E-state index >= 15 is 0 Å². The predicted molar refractivity (Wildman–Crippen MR) is 83.1 cm³/mol. The van der Waals surface area contributed by atoms with E-state index < -0.39 is 16.0 Å². The molecule has 0 saturated heterocycles. The molecule has 23 heavy (non-hydrogen) atoms. The van der Waals surface area contributed by atoms with E-state index in [1.165, 1.54) is 22.9 Å². The highest BCUT2D eigenvalue weighted by atomic mass is 32.2. The van der Waals surface area contributed by atoms with Crippen LogP contribution >= 0.6 is 0 Å². The summed E-state index contributed by atoms with van der Waals surface area (Å²) >= 11 is 0. The molecule has 1 aliphatic carbocycles. The Kier molecular flexibility index (Phi) is 4.18. The lowest BCUT2D eigenvalue weighted by molar-refractivity contribution is 0.0696. The summed E-state index contributed by atoms with van der Waals surface area (Å²) in [5.41, 5.74) is 0.298. The number of benzene rings is 1. The van der Waals surface area contributed by atoms with Gasteiger partial charge in [0.1, 0.15) is 0 Å². The first-order valence-electron chi connectivity index (χ1n) is 7.36. The van der Waals surface area contributed by atoms with Gasteiger partial charge >= 0.3 is 5.97 Å². The van der Waals surface area contributed by atoms with E-state index in [0.29, 0.717) is 5.69 Å². The molecule has 1 aromatic carbocycles. The molecule has 2 aromatic rings. The van der Waals surface area contributed by atoms with E-state index in [9.17, 15) is 18.3 Å². The lowest BCUT2D eigenvalue weighted by Crippen LogP contribution is -2.32. The van der Waals surface area contributed by atoms with Crippen LogP contribution in [0, 0.1) is 0 Å². The molecule has 0 aliphatic heterocycles. The molecule has 1 fully saturated rings. The van der Waals surface area contributed by atoms with Crippen LogP contribution in [0.1, 0.15) is 36.0 Å². The van der Waals surface area contributed by atoms with E-state index in [2.05, 4.69) is 9.82 Å². The SMILES string of the molecule is O=C(O)c1cc(-n2cccn2)cc(S(=O)(=O)NC2CCCC2)c1. The Morgan fingerprint density at radius 2 is 2.00 bits per heavy atom. The fraction of sp³-hybridized carbons (Fsp3) is 0.333. The molecule has 0 bridgehead atoms. The number of carbonyl (C=O) groups is 1. The van der Waals surface area contributed by atoms with Gasteiger partial charge in [0, 0.05) is 18.4 Å². The number of nitrogens with zero attached hydrogens (tertiary/aromatic N) is 2. The highest BCUT2D eigenvalue weighted by Gasteiger charge is 2.24. The Labute approximate surface area is 134 Å². The summed E-state index contributed by atoms with van der Waals surface area (Å²) < 4.78 is 29.2. The van der Waals surface area contributed by atoms with Crippen molar-refractivity contribution in [3.63, 3.8) is 0 Å². The Morgan fingerprint density at radius 3 is 2.61 bits per heavy atom. The number of nitrogens with one attached hydrogen (secondary N) is 1. The van der Waals surface area contributed by atoms with Gasteiger partial charge < -0.3 is 5.11 Å². The summed E-state index contributed by atoms with van der Waals surface area (Å²) in [4.78, 5) is 11.2. The first kappa shape index (κ1) is 15.7. The van der Waals surface area contributed by atoms with Gasteiger partial charge in [-0.3, -0.25) is 0 Å². The number of carboxylic acid groups (broad SMARTS) is 1. The van der Waals surface area contributed by atoms with Crippen LogP contribution in [-0.2, 0) is 10.0 Å². The molecule has 8 heteroatoms. The maximum absolute atomic E-state index is 12.6. The summed E-state index contributed by atoms with van der Waals surface area (Å²) in [7, 11) is -3.77. The summed E-state index contributed by atoms with van der Waals surface area (Å²) in [5.74, 6) is -1.18. The maximum atomic E-state index is 12.6. The number of aromatic nitrogens is 2. The number of aromatic carboxylic acids is 1. The van der Waals surface area contributed by atoms with Crippen molar-refractivity contribution < 1.29 is 18.3 Å². The Morgan fingerprint density at radius 1 is 1.26 bits per heavy atom. The van der Waals surface area contributed by atoms with Crippen molar-refractivity contribution in [2.75, 3.05) is 0 Å². The minimum Gasteiger partial charge on any atom is -0.478 e. The molecular weight excluding hydrogens is 318 g/mol. The third-order valence-corrected chi connectivity index (χ3v) is 5.39. The van der Waals surface area contributed by atoms with Crippen molar-refractivity contribution in [2.45, 2.75) is 36.6 Å². The predicted octanol–water partition coefficient (Wildman–Crippen LogP) is 1.79. The molecule has 0 amide bonds. The van der Waals surface area contributed by atoms with E-state index in [1.54, 1.807) is 18.5 Å².